The third-order valence-electron chi connectivity index (χ3n) is 5.09. The number of ketones is 1. The molecule has 0 unspecified atom stereocenters. The molecule has 2 fully saturated rings. The van der Waals surface area contributed by atoms with Gasteiger partial charge in [-0.25, -0.2) is 8.78 Å². The van der Waals surface area contributed by atoms with Crippen LogP contribution in [0.5, 0.6) is 0 Å². The van der Waals surface area contributed by atoms with E-state index >= 15 is 0 Å². The van der Waals surface area contributed by atoms with E-state index in [4.69, 9.17) is 0 Å². The van der Waals surface area contributed by atoms with Gasteiger partial charge in [0, 0.05) is 24.2 Å². The van der Waals surface area contributed by atoms with Gasteiger partial charge in [0.15, 0.2) is 0 Å². The number of rotatable bonds is 2. The van der Waals surface area contributed by atoms with Crippen molar-refractivity contribution >= 4 is 17.4 Å². The molecule has 5 heteroatoms. The van der Waals surface area contributed by atoms with Crippen LogP contribution in [0.3, 0.4) is 0 Å². The minimum atomic E-state index is -0.686. The van der Waals surface area contributed by atoms with Gasteiger partial charge >= 0.3 is 0 Å². The first-order valence-electron chi connectivity index (χ1n) is 7.70. The van der Waals surface area contributed by atoms with E-state index in [2.05, 4.69) is 0 Å². The highest BCUT2D eigenvalue weighted by Gasteiger charge is 2.50. The Hall–Kier alpha value is -1.78. The summed E-state index contributed by atoms with van der Waals surface area (Å²) in [4.78, 5) is 26.0. The van der Waals surface area contributed by atoms with Gasteiger partial charge in [0.25, 0.3) is 0 Å². The van der Waals surface area contributed by atoms with Crippen molar-refractivity contribution in [2.75, 3.05) is 11.4 Å². The van der Waals surface area contributed by atoms with Gasteiger partial charge in [-0.2, -0.15) is 0 Å². The van der Waals surface area contributed by atoms with Crippen molar-refractivity contribution in [1.29, 1.82) is 0 Å². The lowest BCUT2D eigenvalue weighted by Gasteiger charge is -2.35. The first kappa shape index (κ1) is 15.1. The summed E-state index contributed by atoms with van der Waals surface area (Å²) in [7, 11) is 0. The molecule has 1 aromatic carbocycles. The number of hydrogen-bond donors (Lipinski definition) is 0. The predicted octanol–water partition coefficient (Wildman–Crippen LogP) is 3.47. The van der Waals surface area contributed by atoms with E-state index < -0.39 is 17.0 Å². The van der Waals surface area contributed by atoms with Crippen LogP contribution in [0, 0.1) is 23.0 Å². The molecule has 1 saturated carbocycles. The molecule has 1 aliphatic carbocycles. The highest BCUT2D eigenvalue weighted by molar-refractivity contribution is 6.00. The summed E-state index contributed by atoms with van der Waals surface area (Å²) >= 11 is 0. The molecule has 3 rings (SSSR count). The Morgan fingerprint density at radius 1 is 1.23 bits per heavy atom. The van der Waals surface area contributed by atoms with Gasteiger partial charge in [-0.1, -0.05) is 6.42 Å². The van der Waals surface area contributed by atoms with Crippen molar-refractivity contribution in [2.45, 2.75) is 39.0 Å². The maximum absolute atomic E-state index is 13.4. The first-order valence-corrected chi connectivity index (χ1v) is 7.70. The molecular weight excluding hydrogens is 288 g/mol. The summed E-state index contributed by atoms with van der Waals surface area (Å²) in [5, 5.41) is 0. The lowest BCUT2D eigenvalue weighted by molar-refractivity contribution is -0.130. The Morgan fingerprint density at radius 3 is 2.55 bits per heavy atom. The number of amides is 1. The smallest absolute Gasteiger partial charge is 0.233 e. The Bertz CT molecular complexity index is 611. The summed E-state index contributed by atoms with van der Waals surface area (Å²) in [6.45, 7) is 2.02. The molecule has 0 bridgehead atoms. The zero-order valence-electron chi connectivity index (χ0n) is 12.6. The number of carbonyl (C=O) groups is 2. The van der Waals surface area contributed by atoms with Crippen LogP contribution < -0.4 is 4.90 Å². The summed E-state index contributed by atoms with van der Waals surface area (Å²) in [6, 6.07) is 3.17. The molecule has 1 heterocycles. The van der Waals surface area contributed by atoms with Crippen molar-refractivity contribution in [3.8, 4) is 0 Å². The molecule has 2 aliphatic rings. The molecule has 3 nitrogen and oxygen atoms in total. The quantitative estimate of drug-likeness (QED) is 0.839. The van der Waals surface area contributed by atoms with Crippen LogP contribution in [0.4, 0.5) is 14.5 Å². The second-order valence-electron chi connectivity index (χ2n) is 6.52. The van der Waals surface area contributed by atoms with Crippen LogP contribution in [0.25, 0.3) is 0 Å². The van der Waals surface area contributed by atoms with Gasteiger partial charge in [0.2, 0.25) is 5.91 Å². The first-order chi connectivity index (χ1) is 10.4. The van der Waals surface area contributed by atoms with Crippen LogP contribution >= 0.6 is 0 Å². The average molecular weight is 307 g/mol. The van der Waals surface area contributed by atoms with Gasteiger partial charge in [0.05, 0.1) is 5.41 Å². The predicted molar refractivity (Wildman–Crippen MR) is 78.4 cm³/mol. The van der Waals surface area contributed by atoms with Crippen molar-refractivity contribution in [2.24, 2.45) is 11.3 Å². The molecule has 0 radical (unpaired) electrons. The van der Waals surface area contributed by atoms with Crippen molar-refractivity contribution in [3.05, 3.63) is 29.8 Å². The van der Waals surface area contributed by atoms with Gasteiger partial charge in [-0.05, 0) is 44.7 Å². The van der Waals surface area contributed by atoms with E-state index in [1.165, 1.54) is 17.0 Å². The van der Waals surface area contributed by atoms with Crippen LogP contribution in [0.2, 0.25) is 0 Å². The highest BCUT2D eigenvalue weighted by Crippen LogP contribution is 2.48. The highest BCUT2D eigenvalue weighted by atomic mass is 19.1. The van der Waals surface area contributed by atoms with E-state index in [0.717, 1.165) is 25.3 Å². The molecule has 118 valence electrons. The summed E-state index contributed by atoms with van der Waals surface area (Å²) in [5.41, 5.74) is -0.262. The number of benzene rings is 1. The molecule has 0 N–H and O–H groups in total. The standard InChI is InChI=1S/C17H19F2NO2/c1-11(21)12-3-2-4-17(10-12)5-6-20(16(17)22)15-8-13(18)7-14(19)9-15/h7-9,12H,2-6,10H2,1H3/t12-,17-/m0/s1. The second kappa shape index (κ2) is 5.45. The molecule has 1 amide bonds. The number of anilines is 1. The molecule has 1 spiro atoms. The molecule has 22 heavy (non-hydrogen) atoms. The zero-order valence-corrected chi connectivity index (χ0v) is 12.6. The number of halogens is 2. The lowest BCUT2D eigenvalue weighted by Crippen LogP contribution is -2.39. The van der Waals surface area contributed by atoms with Crippen LogP contribution in [-0.4, -0.2) is 18.2 Å². The molecule has 1 saturated heterocycles. The van der Waals surface area contributed by atoms with Crippen molar-refractivity contribution in [1.82, 2.24) is 0 Å². The van der Waals surface area contributed by atoms with Crippen LogP contribution in [0.1, 0.15) is 39.0 Å². The maximum Gasteiger partial charge on any atom is 0.233 e. The lowest BCUT2D eigenvalue weighted by atomic mass is 9.68. The second-order valence-corrected chi connectivity index (χ2v) is 6.52. The Morgan fingerprint density at radius 2 is 1.91 bits per heavy atom. The average Bonchev–Trinajstić information content (AvgIpc) is 2.75. The normalized spacial score (nSPS) is 28.4. The van der Waals surface area contributed by atoms with Gasteiger partial charge < -0.3 is 4.90 Å². The molecule has 1 aromatic rings. The van der Waals surface area contributed by atoms with E-state index in [1.54, 1.807) is 6.92 Å². The SMILES string of the molecule is CC(=O)[C@H]1CCC[C@]2(CCN(c3cc(F)cc(F)c3)C2=O)C1. The third kappa shape index (κ3) is 2.53. The van der Waals surface area contributed by atoms with Gasteiger partial charge in [-0.3, -0.25) is 9.59 Å². The van der Waals surface area contributed by atoms with E-state index in [9.17, 15) is 18.4 Å². The topological polar surface area (TPSA) is 37.4 Å². The van der Waals surface area contributed by atoms with Gasteiger partial charge in [-0.15, -0.1) is 0 Å². The molecule has 2 atom stereocenters. The minimum Gasteiger partial charge on any atom is -0.312 e. The fourth-order valence-electron chi connectivity index (χ4n) is 3.89. The molecule has 0 aromatic heterocycles. The van der Waals surface area contributed by atoms with Crippen molar-refractivity contribution in [3.63, 3.8) is 0 Å². The Balaban J connectivity index is 1.86. The van der Waals surface area contributed by atoms with E-state index in [0.29, 0.717) is 19.4 Å². The third-order valence-corrected chi connectivity index (χ3v) is 5.09. The fraction of sp³-hybridized carbons (Fsp3) is 0.529. The number of nitrogens with zero attached hydrogens (tertiary/aromatic N) is 1. The monoisotopic (exact) mass is 307 g/mol. The van der Waals surface area contributed by atoms with Gasteiger partial charge in [0.1, 0.15) is 17.4 Å². The molecule has 1 aliphatic heterocycles. The number of Topliss-reactive ketones (excluding diaryl/α,β-unsaturated/α-hetero) is 1. The Kier molecular flexibility index (Phi) is 3.75. The fourth-order valence-corrected chi connectivity index (χ4v) is 3.89. The number of carbonyl (C=O) groups excluding carboxylic acids is 2. The van der Waals surface area contributed by atoms with E-state index in [1.807, 2.05) is 0 Å². The van der Waals surface area contributed by atoms with E-state index in [-0.39, 0.29) is 23.3 Å². The molecular formula is C17H19F2NO2. The van der Waals surface area contributed by atoms with Crippen molar-refractivity contribution < 1.29 is 18.4 Å². The largest absolute Gasteiger partial charge is 0.312 e. The van der Waals surface area contributed by atoms with Crippen LogP contribution in [-0.2, 0) is 9.59 Å². The minimum absolute atomic E-state index is 0.0677. The zero-order chi connectivity index (χ0) is 15.9. The maximum atomic E-state index is 13.4. The summed E-state index contributed by atoms with van der Waals surface area (Å²) in [5.74, 6) is -1.41. The van der Waals surface area contributed by atoms with Crippen LogP contribution in [0.15, 0.2) is 18.2 Å². The summed E-state index contributed by atoms with van der Waals surface area (Å²) in [6.07, 6.45) is 3.65. The summed E-state index contributed by atoms with van der Waals surface area (Å²) < 4.78 is 26.8. The number of hydrogen-bond acceptors (Lipinski definition) is 2. The Labute approximate surface area is 128 Å².